The Labute approximate surface area is 143 Å². The molecular formula is C18H26N4O2. The first kappa shape index (κ1) is 17.0. The number of benzene rings is 1. The standard InChI is InChI=1S/C18H26N4O2/c1-21(2)12-15-10-19-18(20-15)17-13-22(8-9-24-17)11-14-6-4-5-7-16(14)23-3/h4-7,10,17H,8-9,11-13H2,1-3H3,(H,19,20). The number of imidazole rings is 1. The molecule has 1 N–H and O–H groups in total. The number of para-hydroxylation sites is 1. The van der Waals surface area contributed by atoms with Gasteiger partial charge in [0, 0.05) is 43.6 Å². The topological polar surface area (TPSA) is 53.6 Å². The molecule has 0 amide bonds. The molecule has 1 aromatic heterocycles. The lowest BCUT2D eigenvalue weighted by atomic mass is 10.1. The van der Waals surface area contributed by atoms with Crippen LogP contribution in [-0.4, -0.2) is 60.7 Å². The fourth-order valence-electron chi connectivity index (χ4n) is 3.05. The van der Waals surface area contributed by atoms with Gasteiger partial charge in [0.2, 0.25) is 0 Å². The number of aromatic nitrogens is 2. The zero-order chi connectivity index (χ0) is 16.9. The molecule has 1 atom stereocenters. The predicted molar refractivity (Wildman–Crippen MR) is 92.9 cm³/mol. The van der Waals surface area contributed by atoms with E-state index in [4.69, 9.17) is 9.47 Å². The molecule has 0 aliphatic carbocycles. The molecule has 0 spiro atoms. The van der Waals surface area contributed by atoms with Crippen LogP contribution in [0.25, 0.3) is 0 Å². The summed E-state index contributed by atoms with van der Waals surface area (Å²) in [6, 6.07) is 8.17. The SMILES string of the molecule is COc1ccccc1CN1CCOC(c2ncc(CN(C)C)[nH]2)C1. The van der Waals surface area contributed by atoms with Gasteiger partial charge in [-0.05, 0) is 20.2 Å². The maximum Gasteiger partial charge on any atom is 0.136 e. The number of hydrogen-bond donors (Lipinski definition) is 1. The minimum absolute atomic E-state index is 0.00984. The number of hydrogen-bond acceptors (Lipinski definition) is 5. The maximum atomic E-state index is 5.93. The summed E-state index contributed by atoms with van der Waals surface area (Å²) >= 11 is 0. The molecule has 1 unspecified atom stereocenters. The van der Waals surface area contributed by atoms with E-state index in [2.05, 4.69) is 31.9 Å². The molecule has 0 radical (unpaired) electrons. The Morgan fingerprint density at radius 1 is 1.38 bits per heavy atom. The van der Waals surface area contributed by atoms with Crippen LogP contribution in [0.1, 0.15) is 23.2 Å². The van der Waals surface area contributed by atoms with Crippen LogP contribution < -0.4 is 4.74 Å². The Kier molecular flexibility index (Phi) is 5.50. The normalized spacial score (nSPS) is 18.9. The Hall–Kier alpha value is -1.89. The van der Waals surface area contributed by atoms with E-state index in [9.17, 15) is 0 Å². The smallest absolute Gasteiger partial charge is 0.136 e. The van der Waals surface area contributed by atoms with Crippen LogP contribution >= 0.6 is 0 Å². The van der Waals surface area contributed by atoms with Crippen LogP contribution in [-0.2, 0) is 17.8 Å². The quantitative estimate of drug-likeness (QED) is 0.878. The zero-order valence-electron chi connectivity index (χ0n) is 14.7. The Morgan fingerprint density at radius 2 is 2.21 bits per heavy atom. The number of rotatable bonds is 6. The van der Waals surface area contributed by atoms with Gasteiger partial charge in [0.1, 0.15) is 17.7 Å². The van der Waals surface area contributed by atoms with Gasteiger partial charge in [-0.25, -0.2) is 4.98 Å². The summed E-state index contributed by atoms with van der Waals surface area (Å²) in [5, 5.41) is 0. The first-order chi connectivity index (χ1) is 11.7. The van der Waals surface area contributed by atoms with E-state index in [1.807, 2.05) is 32.4 Å². The maximum absolute atomic E-state index is 5.93. The minimum Gasteiger partial charge on any atom is -0.496 e. The van der Waals surface area contributed by atoms with E-state index in [0.717, 1.165) is 43.4 Å². The van der Waals surface area contributed by atoms with Gasteiger partial charge in [-0.15, -0.1) is 0 Å². The first-order valence-electron chi connectivity index (χ1n) is 8.30. The van der Waals surface area contributed by atoms with E-state index >= 15 is 0 Å². The van der Waals surface area contributed by atoms with E-state index in [1.165, 1.54) is 5.56 Å². The molecule has 1 saturated heterocycles. The summed E-state index contributed by atoms with van der Waals surface area (Å²) in [4.78, 5) is 12.4. The van der Waals surface area contributed by atoms with Crippen molar-refractivity contribution in [2.75, 3.05) is 40.9 Å². The zero-order valence-corrected chi connectivity index (χ0v) is 14.7. The molecule has 3 rings (SSSR count). The fraction of sp³-hybridized carbons (Fsp3) is 0.500. The molecule has 2 heterocycles. The van der Waals surface area contributed by atoms with Crippen molar-refractivity contribution in [3.05, 3.63) is 47.5 Å². The summed E-state index contributed by atoms with van der Waals surface area (Å²) in [5.74, 6) is 1.85. The molecule has 2 aromatic rings. The number of methoxy groups -OCH3 is 1. The number of aromatic amines is 1. The third-order valence-electron chi connectivity index (χ3n) is 4.18. The summed E-state index contributed by atoms with van der Waals surface area (Å²) in [7, 11) is 5.81. The van der Waals surface area contributed by atoms with Gasteiger partial charge in [-0.3, -0.25) is 4.90 Å². The number of nitrogens with one attached hydrogen (secondary N) is 1. The molecule has 24 heavy (non-hydrogen) atoms. The van der Waals surface area contributed by atoms with Crippen LogP contribution in [0.4, 0.5) is 0 Å². The molecule has 1 aromatic carbocycles. The second-order valence-corrected chi connectivity index (χ2v) is 6.44. The van der Waals surface area contributed by atoms with Gasteiger partial charge >= 0.3 is 0 Å². The largest absolute Gasteiger partial charge is 0.496 e. The van der Waals surface area contributed by atoms with Crippen LogP contribution in [0, 0.1) is 0 Å². The molecule has 130 valence electrons. The number of ether oxygens (including phenoxy) is 2. The molecule has 0 saturated carbocycles. The molecule has 6 heteroatoms. The first-order valence-corrected chi connectivity index (χ1v) is 8.30. The van der Waals surface area contributed by atoms with E-state index < -0.39 is 0 Å². The summed E-state index contributed by atoms with van der Waals surface area (Å²) in [6.07, 6.45) is 1.89. The van der Waals surface area contributed by atoms with E-state index in [0.29, 0.717) is 6.61 Å². The highest BCUT2D eigenvalue weighted by Crippen LogP contribution is 2.24. The number of morpholine rings is 1. The summed E-state index contributed by atoms with van der Waals surface area (Å²) in [6.45, 7) is 4.16. The second-order valence-electron chi connectivity index (χ2n) is 6.44. The average Bonchev–Trinajstić information content (AvgIpc) is 3.03. The summed E-state index contributed by atoms with van der Waals surface area (Å²) < 4.78 is 11.4. The van der Waals surface area contributed by atoms with Gasteiger partial charge in [0.15, 0.2) is 0 Å². The van der Waals surface area contributed by atoms with Crippen molar-refractivity contribution in [2.45, 2.75) is 19.2 Å². The number of H-pyrrole nitrogens is 1. The highest BCUT2D eigenvalue weighted by Gasteiger charge is 2.25. The minimum atomic E-state index is -0.00984. The van der Waals surface area contributed by atoms with E-state index in [-0.39, 0.29) is 6.10 Å². The van der Waals surface area contributed by atoms with E-state index in [1.54, 1.807) is 7.11 Å². The van der Waals surface area contributed by atoms with Crippen LogP contribution in [0.5, 0.6) is 5.75 Å². The molecule has 0 bridgehead atoms. The summed E-state index contributed by atoms with van der Waals surface area (Å²) in [5.41, 5.74) is 2.31. The van der Waals surface area contributed by atoms with Gasteiger partial charge in [-0.1, -0.05) is 18.2 Å². The lowest BCUT2D eigenvalue weighted by Crippen LogP contribution is -2.38. The third-order valence-corrected chi connectivity index (χ3v) is 4.18. The molecule has 6 nitrogen and oxygen atoms in total. The van der Waals surface area contributed by atoms with Crippen molar-refractivity contribution in [2.24, 2.45) is 0 Å². The van der Waals surface area contributed by atoms with Crippen molar-refractivity contribution in [1.82, 2.24) is 19.8 Å². The van der Waals surface area contributed by atoms with Gasteiger partial charge in [-0.2, -0.15) is 0 Å². The lowest BCUT2D eigenvalue weighted by Gasteiger charge is -2.32. The van der Waals surface area contributed by atoms with Crippen LogP contribution in [0.2, 0.25) is 0 Å². The Bertz CT molecular complexity index is 656. The highest BCUT2D eigenvalue weighted by molar-refractivity contribution is 5.33. The van der Waals surface area contributed by atoms with Crippen molar-refractivity contribution >= 4 is 0 Å². The van der Waals surface area contributed by atoms with Gasteiger partial charge in [0.05, 0.1) is 13.7 Å². The van der Waals surface area contributed by atoms with Crippen LogP contribution in [0.3, 0.4) is 0 Å². The predicted octanol–water partition coefficient (Wildman–Crippen LogP) is 2.05. The Morgan fingerprint density at radius 3 is 3.00 bits per heavy atom. The van der Waals surface area contributed by atoms with Crippen molar-refractivity contribution in [3.8, 4) is 5.75 Å². The lowest BCUT2D eigenvalue weighted by molar-refractivity contribution is -0.0370. The van der Waals surface area contributed by atoms with Gasteiger partial charge < -0.3 is 19.4 Å². The molecule has 1 fully saturated rings. The highest BCUT2D eigenvalue weighted by atomic mass is 16.5. The van der Waals surface area contributed by atoms with Crippen molar-refractivity contribution in [1.29, 1.82) is 0 Å². The molecule has 1 aliphatic rings. The average molecular weight is 330 g/mol. The fourth-order valence-corrected chi connectivity index (χ4v) is 3.05. The number of nitrogens with zero attached hydrogens (tertiary/aromatic N) is 3. The second kappa shape index (κ2) is 7.79. The molecular weight excluding hydrogens is 304 g/mol. The Balaban J connectivity index is 1.65. The van der Waals surface area contributed by atoms with Crippen LogP contribution in [0.15, 0.2) is 30.5 Å². The third kappa shape index (κ3) is 4.14. The van der Waals surface area contributed by atoms with Crippen molar-refractivity contribution in [3.63, 3.8) is 0 Å². The van der Waals surface area contributed by atoms with Gasteiger partial charge in [0.25, 0.3) is 0 Å². The monoisotopic (exact) mass is 330 g/mol. The molecule has 1 aliphatic heterocycles. The van der Waals surface area contributed by atoms with Crippen molar-refractivity contribution < 1.29 is 9.47 Å².